The molecule has 0 bridgehead atoms. The summed E-state index contributed by atoms with van der Waals surface area (Å²) >= 11 is 0. The van der Waals surface area contributed by atoms with Crippen molar-refractivity contribution < 1.29 is 38.4 Å². The number of hydrogen-bond acceptors (Lipinski definition) is 8. The lowest BCUT2D eigenvalue weighted by atomic mass is 9.95. The van der Waals surface area contributed by atoms with Crippen LogP contribution in [0.5, 0.6) is 0 Å². The lowest BCUT2D eigenvalue weighted by molar-refractivity contribution is -0.291. The van der Waals surface area contributed by atoms with Crippen LogP contribution < -0.4 is 5.32 Å². The Kier molecular flexibility index (Phi) is 28.0. The number of rotatable bonds is 36. The molecular formula is C55H83NO8. The van der Waals surface area contributed by atoms with Gasteiger partial charge in [0.05, 0.1) is 32.8 Å². The van der Waals surface area contributed by atoms with Crippen molar-refractivity contribution in [2.24, 2.45) is 0 Å². The summed E-state index contributed by atoms with van der Waals surface area (Å²) in [6, 6.07) is 28.6. The molecule has 4 rings (SSSR count). The summed E-state index contributed by atoms with van der Waals surface area (Å²) in [5, 5.41) is 14.0. The molecule has 0 unspecified atom stereocenters. The molecule has 356 valence electrons. The maximum absolute atomic E-state index is 14.3. The number of carbonyl (C=O) groups excluding carboxylic acids is 2. The molecule has 0 aromatic heterocycles. The maximum atomic E-state index is 14.3. The molecule has 9 heteroatoms. The van der Waals surface area contributed by atoms with Crippen molar-refractivity contribution >= 4 is 11.9 Å². The molecule has 0 aliphatic carbocycles. The van der Waals surface area contributed by atoms with E-state index in [9.17, 15) is 14.7 Å². The van der Waals surface area contributed by atoms with E-state index in [-0.39, 0.29) is 44.7 Å². The van der Waals surface area contributed by atoms with Crippen molar-refractivity contribution in [3.05, 3.63) is 108 Å². The maximum Gasteiger partial charge on any atom is 0.306 e. The number of aliphatic hydroxyl groups is 1. The molecule has 0 spiro atoms. The standard InChI is InChI=1S/C55H83NO8/c1-3-5-7-9-11-13-14-16-18-20-31-39-51(59)63-48(38-30-19-17-15-12-10-8-6-4-2)40-50(58)56-52-54(61-43-46-34-26-22-27-35-46)53(60-42-45-32-24-21-25-33-45)49(41-57)64-55(52)62-44-47-36-28-23-29-37-47/h21-29,32-37,48-49,52-55,57H,3-20,30-31,38-44H2,1-2H3,(H,56,58)/t48-,49-,52-,53-,54-,55-/m1/s1. The van der Waals surface area contributed by atoms with Crippen molar-refractivity contribution in [1.82, 2.24) is 5.32 Å². The quantitative estimate of drug-likeness (QED) is 0.0438. The van der Waals surface area contributed by atoms with Crippen LogP contribution in [0.15, 0.2) is 91.0 Å². The molecule has 1 fully saturated rings. The van der Waals surface area contributed by atoms with E-state index < -0.39 is 36.7 Å². The lowest BCUT2D eigenvalue weighted by Crippen LogP contribution is -2.66. The predicted molar refractivity (Wildman–Crippen MR) is 256 cm³/mol. The minimum absolute atomic E-state index is 0.00723. The Morgan fingerprint density at radius 3 is 1.45 bits per heavy atom. The second kappa shape index (κ2) is 33.8. The van der Waals surface area contributed by atoms with E-state index >= 15 is 0 Å². The number of carbonyl (C=O) groups is 2. The Hall–Kier alpha value is -3.60. The van der Waals surface area contributed by atoms with E-state index in [1.807, 2.05) is 91.0 Å². The highest BCUT2D eigenvalue weighted by Crippen LogP contribution is 2.30. The van der Waals surface area contributed by atoms with Crippen molar-refractivity contribution in [3.63, 3.8) is 0 Å². The zero-order valence-electron chi connectivity index (χ0n) is 39.5. The molecule has 1 aliphatic rings. The van der Waals surface area contributed by atoms with Crippen molar-refractivity contribution in [3.8, 4) is 0 Å². The lowest BCUT2D eigenvalue weighted by Gasteiger charge is -2.46. The molecule has 64 heavy (non-hydrogen) atoms. The number of amides is 1. The van der Waals surface area contributed by atoms with Gasteiger partial charge in [-0.05, 0) is 36.0 Å². The zero-order chi connectivity index (χ0) is 45.3. The first-order chi connectivity index (χ1) is 31.5. The van der Waals surface area contributed by atoms with Crippen molar-refractivity contribution in [1.29, 1.82) is 0 Å². The molecule has 3 aromatic carbocycles. The number of aliphatic hydroxyl groups excluding tert-OH is 1. The molecule has 3 aromatic rings. The summed E-state index contributed by atoms with van der Waals surface area (Å²) in [5.41, 5.74) is 2.85. The van der Waals surface area contributed by atoms with Gasteiger partial charge in [0, 0.05) is 6.42 Å². The summed E-state index contributed by atoms with van der Waals surface area (Å²) in [5.74, 6) is -0.526. The van der Waals surface area contributed by atoms with Crippen LogP contribution >= 0.6 is 0 Å². The second-order valence-electron chi connectivity index (χ2n) is 17.9. The topological polar surface area (TPSA) is 113 Å². The molecule has 1 saturated heterocycles. The van der Waals surface area contributed by atoms with Gasteiger partial charge in [0.2, 0.25) is 5.91 Å². The van der Waals surface area contributed by atoms with Crippen LogP contribution in [0.2, 0.25) is 0 Å². The Bertz CT molecular complexity index is 1590. The molecule has 9 nitrogen and oxygen atoms in total. The summed E-state index contributed by atoms with van der Waals surface area (Å²) < 4.78 is 32.3. The third-order valence-electron chi connectivity index (χ3n) is 12.3. The monoisotopic (exact) mass is 886 g/mol. The average molecular weight is 886 g/mol. The van der Waals surface area contributed by atoms with Crippen LogP contribution in [0, 0.1) is 0 Å². The Labute approximate surface area is 386 Å². The molecule has 1 amide bonds. The Morgan fingerprint density at radius 2 is 0.984 bits per heavy atom. The van der Waals surface area contributed by atoms with Crippen LogP contribution in [0.4, 0.5) is 0 Å². The fourth-order valence-corrected chi connectivity index (χ4v) is 8.55. The van der Waals surface area contributed by atoms with Crippen LogP contribution in [-0.2, 0) is 53.1 Å². The van der Waals surface area contributed by atoms with E-state index in [1.165, 1.54) is 89.9 Å². The van der Waals surface area contributed by atoms with Gasteiger partial charge in [-0.3, -0.25) is 9.59 Å². The van der Waals surface area contributed by atoms with Crippen LogP contribution in [-0.4, -0.2) is 60.3 Å². The van der Waals surface area contributed by atoms with E-state index in [4.69, 9.17) is 23.7 Å². The van der Waals surface area contributed by atoms with Gasteiger partial charge in [0.25, 0.3) is 0 Å². The first-order valence-corrected chi connectivity index (χ1v) is 25.2. The van der Waals surface area contributed by atoms with E-state index in [0.29, 0.717) is 12.8 Å². The zero-order valence-corrected chi connectivity index (χ0v) is 39.5. The molecule has 6 atom stereocenters. The van der Waals surface area contributed by atoms with Gasteiger partial charge in [-0.1, -0.05) is 220 Å². The van der Waals surface area contributed by atoms with Crippen molar-refractivity contribution in [2.75, 3.05) is 6.61 Å². The molecule has 1 heterocycles. The van der Waals surface area contributed by atoms with E-state index in [1.54, 1.807) is 0 Å². The number of benzene rings is 3. The second-order valence-corrected chi connectivity index (χ2v) is 17.9. The third-order valence-corrected chi connectivity index (χ3v) is 12.3. The SMILES string of the molecule is CCCCCCCCCCCCCC(=O)O[C@H](CCCCCCCCCCC)CC(=O)N[C@H]1[C@H](OCc2ccccc2)O[C@H](CO)[C@@H](OCc2ccccc2)[C@@H]1OCc1ccccc1. The van der Waals surface area contributed by atoms with Gasteiger partial charge in [-0.25, -0.2) is 0 Å². The van der Waals surface area contributed by atoms with Gasteiger partial charge in [0.15, 0.2) is 6.29 Å². The number of esters is 1. The van der Waals surface area contributed by atoms with Gasteiger partial charge in [-0.15, -0.1) is 0 Å². The number of hydrogen-bond donors (Lipinski definition) is 2. The Morgan fingerprint density at radius 1 is 0.562 bits per heavy atom. The van der Waals surface area contributed by atoms with Gasteiger partial charge in [0.1, 0.15) is 30.5 Å². The number of unbranched alkanes of at least 4 members (excludes halogenated alkanes) is 18. The highest BCUT2D eigenvalue weighted by molar-refractivity contribution is 5.77. The van der Waals surface area contributed by atoms with Crippen LogP contribution in [0.1, 0.15) is 178 Å². The van der Waals surface area contributed by atoms with Crippen LogP contribution in [0.25, 0.3) is 0 Å². The largest absolute Gasteiger partial charge is 0.462 e. The molecule has 0 saturated carbocycles. The first kappa shape index (κ1) is 53.0. The summed E-state index contributed by atoms with van der Waals surface area (Å²) in [6.45, 7) is 4.87. The molecule has 0 radical (unpaired) electrons. The van der Waals surface area contributed by atoms with Crippen LogP contribution in [0.3, 0.4) is 0 Å². The first-order valence-electron chi connectivity index (χ1n) is 25.2. The average Bonchev–Trinajstić information content (AvgIpc) is 3.32. The summed E-state index contributed by atoms with van der Waals surface area (Å²) in [4.78, 5) is 27.7. The highest BCUT2D eigenvalue weighted by atomic mass is 16.7. The van der Waals surface area contributed by atoms with Crippen molar-refractivity contribution in [2.45, 2.75) is 218 Å². The summed E-state index contributed by atoms with van der Waals surface area (Å²) in [6.07, 6.45) is 21.1. The normalized spacial score (nSPS) is 19.0. The minimum atomic E-state index is -0.974. The smallest absolute Gasteiger partial charge is 0.306 e. The third kappa shape index (κ3) is 22.1. The van der Waals surface area contributed by atoms with Gasteiger partial charge in [-0.2, -0.15) is 0 Å². The minimum Gasteiger partial charge on any atom is -0.462 e. The van der Waals surface area contributed by atoms with Gasteiger partial charge >= 0.3 is 5.97 Å². The van der Waals surface area contributed by atoms with Gasteiger partial charge < -0.3 is 34.1 Å². The number of nitrogens with one attached hydrogen (secondary N) is 1. The summed E-state index contributed by atoms with van der Waals surface area (Å²) in [7, 11) is 0. The number of ether oxygens (including phenoxy) is 5. The Balaban J connectivity index is 1.45. The predicted octanol–water partition coefficient (Wildman–Crippen LogP) is 12.5. The fourth-order valence-electron chi connectivity index (χ4n) is 8.55. The molecular weight excluding hydrogens is 803 g/mol. The molecule has 2 N–H and O–H groups in total. The molecule has 1 aliphatic heterocycles. The highest BCUT2D eigenvalue weighted by Gasteiger charge is 2.49. The fraction of sp³-hybridized carbons (Fsp3) is 0.636. The van der Waals surface area contributed by atoms with E-state index in [0.717, 1.165) is 55.2 Å². The van der Waals surface area contributed by atoms with E-state index in [2.05, 4.69) is 19.2 Å².